The van der Waals surface area contributed by atoms with Crippen LogP contribution in [0.15, 0.2) is 133 Å². The molecule has 1 heteroatoms. The van der Waals surface area contributed by atoms with E-state index in [-0.39, 0.29) is 35.8 Å². The van der Waals surface area contributed by atoms with Gasteiger partial charge in [0.15, 0.2) is 0 Å². The first-order chi connectivity index (χ1) is 20.5. The molecule has 0 aliphatic heterocycles. The minimum absolute atomic E-state index is 0.193. The average Bonchev–Trinajstić information content (AvgIpc) is 3.42. The van der Waals surface area contributed by atoms with Crippen molar-refractivity contribution >= 4 is 63.8 Å². The van der Waals surface area contributed by atoms with Crippen molar-refractivity contribution in [1.82, 2.24) is 0 Å². The molecular formula is C36H22S. The van der Waals surface area contributed by atoms with Crippen molar-refractivity contribution in [1.29, 1.82) is 0 Å². The molecule has 1 aromatic heterocycles. The largest absolute Gasteiger partial charge is 0.135 e. The van der Waals surface area contributed by atoms with Gasteiger partial charge in [0.05, 0.1) is 6.85 Å². The van der Waals surface area contributed by atoms with Crippen LogP contribution in [0.1, 0.15) is 6.85 Å². The maximum absolute atomic E-state index is 8.82. The molecule has 0 aliphatic carbocycles. The molecule has 0 saturated carbocycles. The van der Waals surface area contributed by atoms with Gasteiger partial charge in [-0.15, -0.1) is 11.3 Å². The molecule has 8 rings (SSSR count). The van der Waals surface area contributed by atoms with Gasteiger partial charge < -0.3 is 0 Å². The van der Waals surface area contributed by atoms with Gasteiger partial charge in [-0.1, -0.05) is 121 Å². The van der Waals surface area contributed by atoms with Crippen molar-refractivity contribution in [3.63, 3.8) is 0 Å². The monoisotopic (exact) mass is 491 g/mol. The zero-order valence-electron chi connectivity index (χ0n) is 24.7. The second kappa shape index (κ2) is 8.03. The minimum Gasteiger partial charge on any atom is -0.135 e. The second-order valence-electron chi connectivity index (χ2n) is 9.28. The summed E-state index contributed by atoms with van der Waals surface area (Å²) >= 11 is 1.80. The van der Waals surface area contributed by atoms with Gasteiger partial charge in [0, 0.05) is 20.2 Å². The van der Waals surface area contributed by atoms with Crippen LogP contribution in [0.4, 0.5) is 0 Å². The maximum Gasteiger partial charge on any atom is 0.0629 e. The zero-order valence-corrected chi connectivity index (χ0v) is 20.5. The quantitative estimate of drug-likeness (QED) is 0.211. The normalized spacial score (nSPS) is 13.7. The summed E-state index contributed by atoms with van der Waals surface area (Å²) in [7, 11) is 0. The number of thiophene rings is 1. The Morgan fingerprint density at radius 2 is 1.05 bits per heavy atom. The van der Waals surface area contributed by atoms with Crippen LogP contribution in [0, 0.1) is 0 Å². The Bertz CT molecular complexity index is 2340. The molecule has 0 atom stereocenters. The SMILES string of the molecule is [2H]c1c([2H])c([2H])c(-c2c3ccccc3c(-c3cccc4sc5ccc6ccccc6c5c34)c3ccccc23)c([2H])c1[2H]. The van der Waals surface area contributed by atoms with Crippen LogP contribution in [0.25, 0.3) is 74.7 Å². The first-order valence-electron chi connectivity index (χ1n) is 14.8. The van der Waals surface area contributed by atoms with Gasteiger partial charge in [-0.25, -0.2) is 0 Å². The molecule has 0 unspecified atom stereocenters. The number of hydrogen-bond donors (Lipinski definition) is 0. The molecule has 0 bridgehead atoms. The van der Waals surface area contributed by atoms with Gasteiger partial charge in [0.2, 0.25) is 0 Å². The number of benzene rings is 7. The fraction of sp³-hybridized carbons (Fsp3) is 0. The summed E-state index contributed by atoms with van der Waals surface area (Å²) in [5.41, 5.74) is 3.09. The molecule has 0 amide bonds. The summed E-state index contributed by atoms with van der Waals surface area (Å²) < 4.78 is 45.0. The van der Waals surface area contributed by atoms with E-state index in [1.165, 1.54) is 30.9 Å². The Morgan fingerprint density at radius 3 is 1.76 bits per heavy atom. The predicted octanol–water partition coefficient (Wildman–Crippen LogP) is 10.8. The Hall–Kier alpha value is -4.46. The van der Waals surface area contributed by atoms with Crippen LogP contribution < -0.4 is 0 Å². The molecule has 0 nitrogen and oxygen atoms in total. The molecule has 1 heterocycles. The molecule has 8 aromatic rings. The summed E-state index contributed by atoms with van der Waals surface area (Å²) in [6.07, 6.45) is 0. The van der Waals surface area contributed by atoms with E-state index in [4.69, 9.17) is 6.85 Å². The highest BCUT2D eigenvalue weighted by Crippen LogP contribution is 2.48. The highest BCUT2D eigenvalue weighted by Gasteiger charge is 2.20. The molecule has 0 spiro atoms. The van der Waals surface area contributed by atoms with Crippen molar-refractivity contribution in [2.45, 2.75) is 0 Å². The van der Waals surface area contributed by atoms with Gasteiger partial charge in [-0.05, 0) is 66.7 Å². The molecule has 0 N–H and O–H groups in total. The van der Waals surface area contributed by atoms with Crippen LogP contribution in [-0.4, -0.2) is 0 Å². The maximum atomic E-state index is 8.82. The summed E-state index contributed by atoms with van der Waals surface area (Å²) in [5, 5.41) is 8.53. The lowest BCUT2D eigenvalue weighted by atomic mass is 9.85. The third-order valence-electron chi connectivity index (χ3n) is 7.34. The minimum atomic E-state index is -0.387. The van der Waals surface area contributed by atoms with E-state index in [0.717, 1.165) is 32.7 Å². The van der Waals surface area contributed by atoms with Crippen molar-refractivity contribution in [3.8, 4) is 22.3 Å². The van der Waals surface area contributed by atoms with Crippen LogP contribution in [-0.2, 0) is 0 Å². The smallest absolute Gasteiger partial charge is 0.0629 e. The van der Waals surface area contributed by atoms with Gasteiger partial charge >= 0.3 is 0 Å². The first-order valence-corrected chi connectivity index (χ1v) is 13.1. The molecule has 7 aromatic carbocycles. The van der Waals surface area contributed by atoms with E-state index in [2.05, 4.69) is 66.7 Å². The van der Waals surface area contributed by atoms with Crippen LogP contribution in [0.5, 0.6) is 0 Å². The van der Waals surface area contributed by atoms with E-state index in [1.54, 1.807) is 11.3 Å². The lowest BCUT2D eigenvalue weighted by Gasteiger charge is -2.18. The number of fused-ring (bicyclic) bond motifs is 7. The van der Waals surface area contributed by atoms with Crippen molar-refractivity contribution in [2.24, 2.45) is 0 Å². The van der Waals surface area contributed by atoms with Crippen LogP contribution in [0.2, 0.25) is 0 Å². The van der Waals surface area contributed by atoms with Crippen LogP contribution >= 0.6 is 11.3 Å². The standard InChI is InChI=1S/C36H22S/c1-2-12-24(13-3-1)33-26-15-6-8-17-28(26)34(29-18-9-7-16-27(29)33)30-19-10-20-31-36(30)35-25-14-5-4-11-23(25)21-22-32(35)37-31/h1-22H/i1D,2D,3D,12D,13D. The van der Waals surface area contributed by atoms with Gasteiger partial charge in [0.1, 0.15) is 0 Å². The number of rotatable bonds is 2. The fourth-order valence-corrected chi connectivity index (χ4v) is 7.01. The van der Waals surface area contributed by atoms with E-state index in [1.807, 2.05) is 36.4 Å². The Kier molecular flexibility index (Phi) is 3.54. The molecule has 0 fully saturated rings. The van der Waals surface area contributed by atoms with Crippen molar-refractivity contribution in [3.05, 3.63) is 133 Å². The molecule has 0 saturated heterocycles. The molecule has 37 heavy (non-hydrogen) atoms. The Morgan fingerprint density at radius 1 is 0.459 bits per heavy atom. The van der Waals surface area contributed by atoms with Gasteiger partial charge in [0.25, 0.3) is 0 Å². The van der Waals surface area contributed by atoms with E-state index < -0.39 is 0 Å². The van der Waals surface area contributed by atoms with Gasteiger partial charge in [-0.3, -0.25) is 0 Å². The Balaban J connectivity index is 1.60. The van der Waals surface area contributed by atoms with Crippen LogP contribution in [0.3, 0.4) is 0 Å². The third-order valence-corrected chi connectivity index (χ3v) is 8.46. The summed E-state index contributed by atoms with van der Waals surface area (Å²) in [6.45, 7) is 0. The fourth-order valence-electron chi connectivity index (χ4n) is 5.86. The summed E-state index contributed by atoms with van der Waals surface area (Å²) in [5.74, 6) is 0. The molecule has 0 radical (unpaired) electrons. The van der Waals surface area contributed by atoms with E-state index in [0.29, 0.717) is 5.56 Å². The lowest BCUT2D eigenvalue weighted by Crippen LogP contribution is -1.91. The first kappa shape index (κ1) is 16.3. The van der Waals surface area contributed by atoms with Gasteiger partial charge in [-0.2, -0.15) is 0 Å². The third kappa shape index (κ3) is 3.02. The molecular weight excluding hydrogens is 464 g/mol. The van der Waals surface area contributed by atoms with Crippen molar-refractivity contribution in [2.75, 3.05) is 0 Å². The topological polar surface area (TPSA) is 0 Å². The molecule has 172 valence electrons. The summed E-state index contributed by atoms with van der Waals surface area (Å²) in [6, 6.07) is 34.1. The lowest BCUT2D eigenvalue weighted by molar-refractivity contribution is 1.67. The molecule has 0 aliphatic rings. The highest BCUT2D eigenvalue weighted by atomic mass is 32.1. The summed E-state index contributed by atoms with van der Waals surface area (Å²) in [4.78, 5) is 0. The van der Waals surface area contributed by atoms with E-state index in [9.17, 15) is 0 Å². The predicted molar refractivity (Wildman–Crippen MR) is 163 cm³/mol. The second-order valence-corrected chi connectivity index (χ2v) is 10.4. The van der Waals surface area contributed by atoms with Crippen molar-refractivity contribution < 1.29 is 6.85 Å². The van der Waals surface area contributed by atoms with E-state index >= 15 is 0 Å². The number of hydrogen-bond acceptors (Lipinski definition) is 1. The zero-order chi connectivity index (χ0) is 28.7. The average molecular weight is 492 g/mol. The Labute approximate surface area is 226 Å². The highest BCUT2D eigenvalue weighted by molar-refractivity contribution is 7.26.